The van der Waals surface area contributed by atoms with Gasteiger partial charge in [-0.3, -0.25) is 19.4 Å². The van der Waals surface area contributed by atoms with Crippen molar-refractivity contribution < 1.29 is 23.9 Å². The van der Waals surface area contributed by atoms with Crippen molar-refractivity contribution in [3.05, 3.63) is 71.3 Å². The minimum absolute atomic E-state index is 0.000967. The fourth-order valence-corrected chi connectivity index (χ4v) is 5.25. The van der Waals surface area contributed by atoms with E-state index in [1.54, 1.807) is 29.2 Å². The highest BCUT2D eigenvalue weighted by atomic mass is 16.6. The van der Waals surface area contributed by atoms with Gasteiger partial charge in [-0.1, -0.05) is 42.5 Å². The Labute approximate surface area is 199 Å². The molecule has 1 aliphatic carbocycles. The lowest BCUT2D eigenvalue weighted by atomic mass is 9.91. The van der Waals surface area contributed by atoms with Gasteiger partial charge in [0.25, 0.3) is 11.8 Å². The first-order valence-electron chi connectivity index (χ1n) is 12.2. The van der Waals surface area contributed by atoms with E-state index >= 15 is 0 Å². The molecule has 0 N–H and O–H groups in total. The highest BCUT2D eigenvalue weighted by molar-refractivity contribution is 6.21. The molecule has 2 fully saturated rings. The third-order valence-corrected chi connectivity index (χ3v) is 7.07. The zero-order chi connectivity index (χ0) is 23.5. The molecule has 1 saturated heterocycles. The average molecular weight is 463 g/mol. The van der Waals surface area contributed by atoms with Crippen molar-refractivity contribution >= 4 is 17.9 Å². The zero-order valence-electron chi connectivity index (χ0n) is 19.2. The lowest BCUT2D eigenvalue weighted by molar-refractivity contribution is -0.119. The van der Waals surface area contributed by atoms with E-state index in [4.69, 9.17) is 9.47 Å². The van der Waals surface area contributed by atoms with Crippen molar-refractivity contribution in [1.82, 2.24) is 9.80 Å². The van der Waals surface area contributed by atoms with Gasteiger partial charge < -0.3 is 9.47 Å². The number of carbonyl (C=O) groups excluding carboxylic acids is 3. The van der Waals surface area contributed by atoms with Crippen LogP contribution in [0, 0.1) is 0 Å². The quantitative estimate of drug-likeness (QED) is 0.599. The number of fused-ring (bicyclic) bond motifs is 1. The average Bonchev–Trinajstić information content (AvgIpc) is 3.14. The van der Waals surface area contributed by atoms with Crippen LogP contribution in [0.1, 0.15) is 71.2 Å². The van der Waals surface area contributed by atoms with E-state index in [1.165, 1.54) is 4.90 Å². The molecule has 1 saturated carbocycles. The van der Waals surface area contributed by atoms with Gasteiger partial charge in [0, 0.05) is 12.6 Å². The lowest BCUT2D eigenvalue weighted by Crippen LogP contribution is -2.48. The van der Waals surface area contributed by atoms with Gasteiger partial charge in [0.05, 0.1) is 17.2 Å². The molecule has 7 heteroatoms. The van der Waals surface area contributed by atoms with Gasteiger partial charge in [-0.25, -0.2) is 4.79 Å². The molecule has 2 heterocycles. The molecule has 0 radical (unpaired) electrons. The fourth-order valence-electron chi connectivity index (χ4n) is 5.25. The largest absolute Gasteiger partial charge is 0.444 e. The van der Waals surface area contributed by atoms with Crippen molar-refractivity contribution in [2.45, 2.75) is 69.9 Å². The Hall–Kier alpha value is -3.19. The molecule has 5 rings (SSSR count). The van der Waals surface area contributed by atoms with Crippen molar-refractivity contribution in [1.29, 1.82) is 0 Å². The molecule has 3 amide bonds. The lowest BCUT2D eigenvalue weighted by Gasteiger charge is -2.39. The monoisotopic (exact) mass is 462 g/mol. The number of imide groups is 1. The first-order chi connectivity index (χ1) is 16.6. The summed E-state index contributed by atoms with van der Waals surface area (Å²) in [6.07, 6.45) is 5.03. The molecule has 178 valence electrons. The summed E-state index contributed by atoms with van der Waals surface area (Å²) in [4.78, 5) is 41.5. The maximum Gasteiger partial charge on any atom is 0.412 e. The summed E-state index contributed by atoms with van der Waals surface area (Å²) < 4.78 is 11.9. The molecule has 2 aliphatic heterocycles. The molecule has 0 bridgehead atoms. The Morgan fingerprint density at radius 2 is 1.47 bits per heavy atom. The maximum atomic E-state index is 12.8. The van der Waals surface area contributed by atoms with Crippen molar-refractivity contribution in [2.24, 2.45) is 0 Å². The summed E-state index contributed by atoms with van der Waals surface area (Å²) in [5.41, 5.74) is 1.95. The van der Waals surface area contributed by atoms with E-state index in [0.29, 0.717) is 30.5 Å². The van der Waals surface area contributed by atoms with Crippen LogP contribution in [-0.4, -0.2) is 52.6 Å². The third-order valence-electron chi connectivity index (χ3n) is 7.07. The van der Waals surface area contributed by atoms with E-state index < -0.39 is 0 Å². The van der Waals surface area contributed by atoms with Crippen LogP contribution in [0.25, 0.3) is 0 Å². The topological polar surface area (TPSA) is 76.2 Å². The van der Waals surface area contributed by atoms with Crippen LogP contribution in [0.2, 0.25) is 0 Å². The fraction of sp³-hybridized carbons (Fsp3) is 0.444. The molecule has 0 aromatic heterocycles. The SMILES string of the molecule is O=C(OCc1ccccc1)N1CCCCC1OC1CCC(N2C(=O)c3ccccc3C2=O)CC1. The van der Waals surface area contributed by atoms with Gasteiger partial charge in [-0.15, -0.1) is 0 Å². The number of hydrogen-bond donors (Lipinski definition) is 0. The van der Waals surface area contributed by atoms with Gasteiger partial charge in [-0.05, 0) is 62.6 Å². The summed E-state index contributed by atoms with van der Waals surface area (Å²) >= 11 is 0. The van der Waals surface area contributed by atoms with Crippen LogP contribution in [0.15, 0.2) is 54.6 Å². The van der Waals surface area contributed by atoms with Crippen LogP contribution >= 0.6 is 0 Å². The summed E-state index contributed by atoms with van der Waals surface area (Å²) in [5.74, 6) is -0.380. The Morgan fingerprint density at radius 1 is 0.824 bits per heavy atom. The molecule has 34 heavy (non-hydrogen) atoms. The number of rotatable bonds is 5. The maximum absolute atomic E-state index is 12.8. The Kier molecular flexibility index (Phi) is 6.63. The summed E-state index contributed by atoms with van der Waals surface area (Å²) in [7, 11) is 0. The number of likely N-dealkylation sites (tertiary alicyclic amines) is 1. The van der Waals surface area contributed by atoms with E-state index in [-0.39, 0.29) is 42.9 Å². The number of hydrogen-bond acceptors (Lipinski definition) is 5. The van der Waals surface area contributed by atoms with Gasteiger partial charge >= 0.3 is 6.09 Å². The number of amides is 3. The van der Waals surface area contributed by atoms with Crippen LogP contribution in [0.3, 0.4) is 0 Å². The molecule has 2 aromatic carbocycles. The van der Waals surface area contributed by atoms with E-state index in [1.807, 2.05) is 30.3 Å². The Bertz CT molecular complexity index is 1010. The predicted molar refractivity (Wildman–Crippen MR) is 125 cm³/mol. The van der Waals surface area contributed by atoms with E-state index in [2.05, 4.69) is 0 Å². The van der Waals surface area contributed by atoms with Crippen LogP contribution in [0.4, 0.5) is 4.79 Å². The molecule has 1 atom stereocenters. The second-order valence-electron chi connectivity index (χ2n) is 9.28. The molecule has 3 aliphatic rings. The van der Waals surface area contributed by atoms with Gasteiger partial charge in [0.1, 0.15) is 12.8 Å². The molecular formula is C27H30N2O5. The molecule has 1 unspecified atom stereocenters. The highest BCUT2D eigenvalue weighted by Gasteiger charge is 2.41. The molecular weight excluding hydrogens is 432 g/mol. The normalized spacial score (nSPS) is 24.8. The first-order valence-corrected chi connectivity index (χ1v) is 12.2. The first kappa shape index (κ1) is 22.6. The Morgan fingerprint density at radius 3 is 2.15 bits per heavy atom. The minimum Gasteiger partial charge on any atom is -0.444 e. The minimum atomic E-state index is -0.340. The molecule has 2 aromatic rings. The summed E-state index contributed by atoms with van der Waals surface area (Å²) in [5, 5.41) is 0. The Balaban J connectivity index is 1.15. The van der Waals surface area contributed by atoms with Crippen molar-refractivity contribution in [3.63, 3.8) is 0 Å². The van der Waals surface area contributed by atoms with Crippen LogP contribution in [-0.2, 0) is 16.1 Å². The van der Waals surface area contributed by atoms with Gasteiger partial charge in [0.2, 0.25) is 0 Å². The standard InChI is InChI=1S/C27H30N2O5/c30-25-22-10-4-5-11-23(22)26(31)29(25)20-13-15-21(16-14-20)34-24-12-6-7-17-28(24)27(32)33-18-19-8-2-1-3-9-19/h1-5,8-11,20-21,24H,6-7,12-18H2. The second-order valence-corrected chi connectivity index (χ2v) is 9.28. The predicted octanol–water partition coefficient (Wildman–Crippen LogP) is 4.76. The number of ether oxygens (including phenoxy) is 2. The van der Waals surface area contributed by atoms with Crippen molar-refractivity contribution in [3.8, 4) is 0 Å². The van der Waals surface area contributed by atoms with Crippen LogP contribution in [0.5, 0.6) is 0 Å². The molecule has 7 nitrogen and oxygen atoms in total. The van der Waals surface area contributed by atoms with Crippen LogP contribution < -0.4 is 0 Å². The van der Waals surface area contributed by atoms with E-state index in [9.17, 15) is 14.4 Å². The molecule has 0 spiro atoms. The number of benzene rings is 2. The summed E-state index contributed by atoms with van der Waals surface area (Å²) in [6, 6.07) is 16.6. The number of piperidine rings is 1. The summed E-state index contributed by atoms with van der Waals surface area (Å²) in [6.45, 7) is 0.872. The van der Waals surface area contributed by atoms with Gasteiger partial charge in [0.15, 0.2) is 0 Å². The number of carbonyl (C=O) groups is 3. The smallest absolute Gasteiger partial charge is 0.412 e. The highest BCUT2D eigenvalue weighted by Crippen LogP contribution is 2.33. The van der Waals surface area contributed by atoms with Crippen molar-refractivity contribution in [2.75, 3.05) is 6.54 Å². The number of nitrogens with zero attached hydrogens (tertiary/aromatic N) is 2. The van der Waals surface area contributed by atoms with E-state index in [0.717, 1.165) is 37.7 Å². The van der Waals surface area contributed by atoms with Gasteiger partial charge in [-0.2, -0.15) is 0 Å². The second kappa shape index (κ2) is 9.97. The zero-order valence-corrected chi connectivity index (χ0v) is 19.2. The third kappa shape index (κ3) is 4.57.